The zero-order valence-electron chi connectivity index (χ0n) is 16.1. The van der Waals surface area contributed by atoms with Crippen LogP contribution >= 0.6 is 0 Å². The van der Waals surface area contributed by atoms with Gasteiger partial charge in [0.25, 0.3) is 0 Å². The van der Waals surface area contributed by atoms with Gasteiger partial charge in [0, 0.05) is 6.92 Å². The monoisotopic (exact) mass is 376 g/mol. The molecular formula is C21H28O6. The van der Waals surface area contributed by atoms with E-state index in [2.05, 4.69) is 6.92 Å². The zero-order chi connectivity index (χ0) is 19.6. The van der Waals surface area contributed by atoms with Crippen molar-refractivity contribution < 1.29 is 23.8 Å². The summed E-state index contributed by atoms with van der Waals surface area (Å²) >= 11 is 0. The first-order chi connectivity index (χ1) is 13.0. The Hall–Kier alpha value is -2.50. The Kier molecular flexibility index (Phi) is 8.17. The summed E-state index contributed by atoms with van der Waals surface area (Å²) in [5, 5.41) is 10.6. The van der Waals surface area contributed by atoms with Crippen molar-refractivity contribution in [2.75, 3.05) is 6.61 Å². The number of esters is 1. The topological polar surface area (TPSA) is 86.0 Å². The number of ether oxygens (including phenoxy) is 2. The van der Waals surface area contributed by atoms with Gasteiger partial charge in [-0.1, -0.05) is 57.9 Å². The fourth-order valence-corrected chi connectivity index (χ4v) is 2.96. The Morgan fingerprint density at radius 3 is 2.41 bits per heavy atom. The van der Waals surface area contributed by atoms with Crippen LogP contribution in [0.2, 0.25) is 0 Å². The smallest absolute Gasteiger partial charge is 0.383 e. The molecular weight excluding hydrogens is 348 g/mol. The molecule has 27 heavy (non-hydrogen) atoms. The first-order valence-electron chi connectivity index (χ1n) is 9.64. The summed E-state index contributed by atoms with van der Waals surface area (Å²) in [7, 11) is 0. The molecule has 6 heteroatoms. The Morgan fingerprint density at radius 1 is 1.07 bits per heavy atom. The molecule has 0 unspecified atom stereocenters. The van der Waals surface area contributed by atoms with Gasteiger partial charge in [-0.05, 0) is 18.6 Å². The summed E-state index contributed by atoms with van der Waals surface area (Å²) in [6, 6.07) is 4.61. The van der Waals surface area contributed by atoms with Crippen molar-refractivity contribution in [2.24, 2.45) is 0 Å². The van der Waals surface area contributed by atoms with Crippen molar-refractivity contribution in [3.8, 4) is 17.2 Å². The maximum absolute atomic E-state index is 12.1. The van der Waals surface area contributed by atoms with Gasteiger partial charge < -0.3 is 19.0 Å². The van der Waals surface area contributed by atoms with Crippen LogP contribution in [0.4, 0.5) is 0 Å². The molecule has 0 atom stereocenters. The molecule has 0 saturated heterocycles. The van der Waals surface area contributed by atoms with E-state index in [-0.39, 0.29) is 28.2 Å². The lowest BCUT2D eigenvalue weighted by atomic mass is 10.1. The minimum atomic E-state index is -0.750. The van der Waals surface area contributed by atoms with Crippen LogP contribution in [0, 0.1) is 0 Å². The largest absolute Gasteiger partial charge is 0.503 e. The second kappa shape index (κ2) is 10.6. The molecule has 1 heterocycles. The summed E-state index contributed by atoms with van der Waals surface area (Å²) in [5.41, 5.74) is -0.616. The van der Waals surface area contributed by atoms with Gasteiger partial charge in [0.1, 0.15) is 16.7 Å². The van der Waals surface area contributed by atoms with Crippen LogP contribution in [0.5, 0.6) is 17.2 Å². The molecule has 0 fully saturated rings. The Balaban J connectivity index is 1.98. The summed E-state index contributed by atoms with van der Waals surface area (Å²) in [6.07, 6.45) is 9.19. The van der Waals surface area contributed by atoms with E-state index < -0.39 is 11.6 Å². The fraction of sp³-hybridized carbons (Fsp3) is 0.524. The number of hydrogen-bond donors (Lipinski definition) is 1. The normalized spacial score (nSPS) is 10.9. The van der Waals surface area contributed by atoms with Gasteiger partial charge in [-0.3, -0.25) is 4.79 Å². The third kappa shape index (κ3) is 6.01. The number of aromatic hydroxyl groups is 1. The number of rotatable bonds is 11. The van der Waals surface area contributed by atoms with E-state index in [0.29, 0.717) is 6.61 Å². The number of benzene rings is 1. The molecule has 0 spiro atoms. The van der Waals surface area contributed by atoms with Gasteiger partial charge in [-0.2, -0.15) is 0 Å². The van der Waals surface area contributed by atoms with Crippen LogP contribution < -0.4 is 15.1 Å². The molecule has 0 amide bonds. The van der Waals surface area contributed by atoms with E-state index in [9.17, 15) is 14.7 Å². The molecule has 1 aromatic carbocycles. The van der Waals surface area contributed by atoms with E-state index >= 15 is 0 Å². The summed E-state index contributed by atoms with van der Waals surface area (Å²) < 4.78 is 15.8. The van der Waals surface area contributed by atoms with Crippen LogP contribution in [-0.4, -0.2) is 17.7 Å². The standard InChI is InChI=1S/C21H28O6/c1-3-4-5-6-7-8-9-10-14-25-20-19(23)18-16(26-15(2)22)12-11-13-17(18)27-21(20)24/h11-13,23H,3-10,14H2,1-2H3. The van der Waals surface area contributed by atoms with Gasteiger partial charge in [0.2, 0.25) is 5.75 Å². The van der Waals surface area contributed by atoms with Gasteiger partial charge in [0.15, 0.2) is 5.75 Å². The predicted octanol–water partition coefficient (Wildman–Crippen LogP) is 4.94. The first kappa shape index (κ1) is 20.8. The molecule has 148 valence electrons. The van der Waals surface area contributed by atoms with E-state index in [1.807, 2.05) is 0 Å². The molecule has 2 rings (SSSR count). The summed E-state index contributed by atoms with van der Waals surface area (Å²) in [5.74, 6) is -1.02. The van der Waals surface area contributed by atoms with Crippen LogP contribution in [0.15, 0.2) is 27.4 Å². The van der Waals surface area contributed by atoms with Crippen LogP contribution in [-0.2, 0) is 4.79 Å². The maximum Gasteiger partial charge on any atom is 0.383 e. The van der Waals surface area contributed by atoms with Crippen molar-refractivity contribution in [3.05, 3.63) is 28.6 Å². The molecule has 0 saturated carbocycles. The Bertz CT molecular complexity index is 808. The van der Waals surface area contributed by atoms with E-state index in [1.165, 1.54) is 51.2 Å². The first-order valence-corrected chi connectivity index (χ1v) is 9.64. The molecule has 0 radical (unpaired) electrons. The molecule has 0 bridgehead atoms. The molecule has 0 aliphatic heterocycles. The highest BCUT2D eigenvalue weighted by atomic mass is 16.5. The quantitative estimate of drug-likeness (QED) is 0.259. The second-order valence-corrected chi connectivity index (χ2v) is 6.61. The lowest BCUT2D eigenvalue weighted by molar-refractivity contribution is -0.131. The van der Waals surface area contributed by atoms with Crippen molar-refractivity contribution in [3.63, 3.8) is 0 Å². The minimum Gasteiger partial charge on any atom is -0.503 e. The Labute approximate surface area is 159 Å². The third-order valence-corrected chi connectivity index (χ3v) is 4.33. The van der Waals surface area contributed by atoms with Crippen molar-refractivity contribution in [2.45, 2.75) is 65.2 Å². The minimum absolute atomic E-state index is 0.123. The maximum atomic E-state index is 12.1. The van der Waals surface area contributed by atoms with Gasteiger partial charge in [0.05, 0.1) is 6.61 Å². The van der Waals surface area contributed by atoms with Crippen molar-refractivity contribution in [1.29, 1.82) is 0 Å². The average Bonchev–Trinajstić information content (AvgIpc) is 2.62. The number of unbranched alkanes of at least 4 members (excludes halogenated alkanes) is 7. The van der Waals surface area contributed by atoms with E-state index in [0.717, 1.165) is 19.3 Å². The molecule has 0 aliphatic rings. The molecule has 0 aliphatic carbocycles. The van der Waals surface area contributed by atoms with Gasteiger partial charge >= 0.3 is 11.6 Å². The van der Waals surface area contributed by atoms with Gasteiger partial charge in [-0.25, -0.2) is 4.79 Å². The average molecular weight is 376 g/mol. The molecule has 2 aromatic rings. The highest BCUT2D eigenvalue weighted by Crippen LogP contribution is 2.37. The molecule has 6 nitrogen and oxygen atoms in total. The number of carbonyl (C=O) groups is 1. The van der Waals surface area contributed by atoms with E-state index in [4.69, 9.17) is 13.9 Å². The fourth-order valence-electron chi connectivity index (χ4n) is 2.96. The SMILES string of the molecule is CCCCCCCCCCOc1c(O)c2c(OC(C)=O)cccc2oc1=O. The lowest BCUT2D eigenvalue weighted by Gasteiger charge is -2.11. The highest BCUT2D eigenvalue weighted by Gasteiger charge is 2.19. The molecule has 1 aromatic heterocycles. The molecule has 1 N–H and O–H groups in total. The second-order valence-electron chi connectivity index (χ2n) is 6.61. The summed E-state index contributed by atoms with van der Waals surface area (Å²) in [6.45, 7) is 3.77. The van der Waals surface area contributed by atoms with Crippen LogP contribution in [0.3, 0.4) is 0 Å². The van der Waals surface area contributed by atoms with E-state index in [1.54, 1.807) is 6.07 Å². The summed E-state index contributed by atoms with van der Waals surface area (Å²) in [4.78, 5) is 23.3. The van der Waals surface area contributed by atoms with Gasteiger partial charge in [-0.15, -0.1) is 0 Å². The third-order valence-electron chi connectivity index (χ3n) is 4.33. The Morgan fingerprint density at radius 2 is 1.74 bits per heavy atom. The predicted molar refractivity (Wildman–Crippen MR) is 104 cm³/mol. The van der Waals surface area contributed by atoms with Crippen molar-refractivity contribution in [1.82, 2.24) is 0 Å². The van der Waals surface area contributed by atoms with Crippen LogP contribution in [0.1, 0.15) is 65.2 Å². The number of carbonyl (C=O) groups excluding carboxylic acids is 1. The highest BCUT2D eigenvalue weighted by molar-refractivity contribution is 5.92. The zero-order valence-corrected chi connectivity index (χ0v) is 16.1. The van der Waals surface area contributed by atoms with Crippen molar-refractivity contribution >= 4 is 16.9 Å². The number of fused-ring (bicyclic) bond motifs is 1. The number of hydrogen-bond acceptors (Lipinski definition) is 6. The lowest BCUT2D eigenvalue weighted by Crippen LogP contribution is -2.09. The van der Waals surface area contributed by atoms with Crippen LogP contribution in [0.25, 0.3) is 11.0 Å².